The monoisotopic (exact) mass is 283 g/mol. The molecule has 3 rings (SSSR count). The second-order valence-electron chi connectivity index (χ2n) is 6.11. The van der Waals surface area contributed by atoms with Crippen LogP contribution < -0.4 is 5.32 Å². The van der Waals surface area contributed by atoms with E-state index in [1.165, 1.54) is 24.8 Å². The molecule has 1 aromatic rings. The average molecular weight is 284 g/mol. The molecular formula is C15H19Cl2N. The fourth-order valence-electron chi connectivity index (χ4n) is 3.81. The Kier molecular flexibility index (Phi) is 3.34. The van der Waals surface area contributed by atoms with Crippen molar-refractivity contribution in [2.24, 2.45) is 17.3 Å². The zero-order valence-electron chi connectivity index (χ0n) is 10.7. The first-order chi connectivity index (χ1) is 8.62. The van der Waals surface area contributed by atoms with Crippen LogP contribution in [0.5, 0.6) is 0 Å². The van der Waals surface area contributed by atoms with Crippen molar-refractivity contribution < 1.29 is 0 Å². The van der Waals surface area contributed by atoms with Crippen LogP contribution in [0.4, 0.5) is 0 Å². The zero-order valence-corrected chi connectivity index (χ0v) is 12.2. The van der Waals surface area contributed by atoms with Gasteiger partial charge >= 0.3 is 0 Å². The van der Waals surface area contributed by atoms with Crippen molar-refractivity contribution in [3.8, 4) is 0 Å². The fourth-order valence-corrected chi connectivity index (χ4v) is 4.19. The molecule has 2 saturated carbocycles. The van der Waals surface area contributed by atoms with Crippen LogP contribution >= 0.6 is 23.2 Å². The highest BCUT2D eigenvalue weighted by Gasteiger charge is 2.53. The van der Waals surface area contributed by atoms with Crippen LogP contribution in [-0.2, 0) is 6.42 Å². The third-order valence-corrected chi connectivity index (χ3v) is 5.19. The van der Waals surface area contributed by atoms with E-state index in [0.717, 1.165) is 34.8 Å². The van der Waals surface area contributed by atoms with E-state index < -0.39 is 0 Å². The molecule has 0 bridgehead atoms. The maximum absolute atomic E-state index is 6.31. The average Bonchev–Trinajstić information content (AvgIpc) is 2.93. The largest absolute Gasteiger partial charge is 0.319 e. The molecule has 3 heteroatoms. The summed E-state index contributed by atoms with van der Waals surface area (Å²) in [7, 11) is 2.05. The second kappa shape index (κ2) is 4.70. The van der Waals surface area contributed by atoms with Crippen LogP contribution in [0, 0.1) is 17.3 Å². The smallest absolute Gasteiger partial charge is 0.0439 e. The van der Waals surface area contributed by atoms with Gasteiger partial charge in [0.15, 0.2) is 0 Å². The molecule has 18 heavy (non-hydrogen) atoms. The lowest BCUT2D eigenvalue weighted by molar-refractivity contribution is 0.255. The Balaban J connectivity index is 1.82. The van der Waals surface area contributed by atoms with Crippen molar-refractivity contribution in [2.45, 2.75) is 25.7 Å². The molecule has 0 aromatic heterocycles. The number of halogens is 2. The van der Waals surface area contributed by atoms with Crippen molar-refractivity contribution in [3.05, 3.63) is 33.8 Å². The third kappa shape index (κ3) is 2.41. The van der Waals surface area contributed by atoms with Crippen molar-refractivity contribution >= 4 is 23.2 Å². The molecule has 2 aliphatic rings. The summed E-state index contributed by atoms with van der Waals surface area (Å²) in [6.45, 7) is 1.09. The van der Waals surface area contributed by atoms with E-state index in [2.05, 4.69) is 5.32 Å². The molecule has 98 valence electrons. The van der Waals surface area contributed by atoms with Gasteiger partial charge in [-0.25, -0.2) is 0 Å². The van der Waals surface area contributed by atoms with Crippen LogP contribution in [0.15, 0.2) is 18.2 Å². The lowest BCUT2D eigenvalue weighted by atomic mass is 9.77. The lowest BCUT2D eigenvalue weighted by Crippen LogP contribution is -2.33. The molecule has 0 saturated heterocycles. The fraction of sp³-hybridized carbons (Fsp3) is 0.600. The highest BCUT2D eigenvalue weighted by molar-refractivity contribution is 6.33. The topological polar surface area (TPSA) is 12.0 Å². The number of rotatable bonds is 4. The SMILES string of the molecule is CNCC1(Cc2cc(Cl)ccc2Cl)CC2CC2C1. The molecule has 0 amide bonds. The Hall–Kier alpha value is -0.240. The van der Waals surface area contributed by atoms with Crippen molar-refractivity contribution in [1.29, 1.82) is 0 Å². The quantitative estimate of drug-likeness (QED) is 0.875. The molecule has 2 atom stereocenters. The molecule has 2 aliphatic carbocycles. The van der Waals surface area contributed by atoms with Gasteiger partial charge < -0.3 is 5.32 Å². The highest BCUT2D eigenvalue weighted by atomic mass is 35.5. The first-order valence-corrected chi connectivity index (χ1v) is 7.46. The normalized spacial score (nSPS) is 33.5. The summed E-state index contributed by atoms with van der Waals surface area (Å²) < 4.78 is 0. The molecule has 0 radical (unpaired) electrons. The summed E-state index contributed by atoms with van der Waals surface area (Å²) in [6, 6.07) is 5.82. The van der Waals surface area contributed by atoms with Gasteiger partial charge in [-0.1, -0.05) is 23.2 Å². The lowest BCUT2D eigenvalue weighted by Gasteiger charge is -2.31. The molecule has 0 heterocycles. The molecule has 2 fully saturated rings. The minimum absolute atomic E-state index is 0.399. The van der Waals surface area contributed by atoms with Gasteiger partial charge in [0.1, 0.15) is 0 Å². The van der Waals surface area contributed by atoms with Crippen LogP contribution in [0.25, 0.3) is 0 Å². The molecule has 2 unspecified atom stereocenters. The minimum atomic E-state index is 0.399. The Bertz CT molecular complexity index is 448. The Labute approximate surface area is 119 Å². The van der Waals surface area contributed by atoms with Gasteiger partial charge in [0, 0.05) is 16.6 Å². The van der Waals surface area contributed by atoms with Gasteiger partial charge in [0.2, 0.25) is 0 Å². The van der Waals surface area contributed by atoms with Gasteiger partial charge in [-0.15, -0.1) is 0 Å². The standard InChI is InChI=1S/C15H19Cl2N/c1-18-9-15(6-10-4-11(10)7-15)8-12-5-13(16)2-3-14(12)17/h2-3,5,10-11,18H,4,6-9H2,1H3. The van der Waals surface area contributed by atoms with Gasteiger partial charge in [-0.05, 0) is 73.7 Å². The minimum Gasteiger partial charge on any atom is -0.319 e. The predicted octanol–water partition coefficient (Wildman–Crippen LogP) is 4.17. The van der Waals surface area contributed by atoms with Gasteiger partial charge in [0.05, 0.1) is 0 Å². The molecule has 0 aliphatic heterocycles. The second-order valence-corrected chi connectivity index (χ2v) is 6.95. The summed E-state index contributed by atoms with van der Waals surface area (Å²) in [5, 5.41) is 5.02. The maximum Gasteiger partial charge on any atom is 0.0439 e. The zero-order chi connectivity index (χ0) is 12.8. The predicted molar refractivity (Wildman–Crippen MR) is 77.4 cm³/mol. The number of hydrogen-bond donors (Lipinski definition) is 1. The Morgan fingerprint density at radius 1 is 1.28 bits per heavy atom. The number of nitrogens with one attached hydrogen (secondary N) is 1. The van der Waals surface area contributed by atoms with E-state index >= 15 is 0 Å². The highest BCUT2D eigenvalue weighted by Crippen LogP contribution is 2.60. The van der Waals surface area contributed by atoms with Crippen LogP contribution in [0.3, 0.4) is 0 Å². The van der Waals surface area contributed by atoms with Gasteiger partial charge in [0.25, 0.3) is 0 Å². The maximum atomic E-state index is 6.31. The number of fused-ring (bicyclic) bond motifs is 1. The van der Waals surface area contributed by atoms with Gasteiger partial charge in [-0.2, -0.15) is 0 Å². The molecular weight excluding hydrogens is 265 g/mol. The van der Waals surface area contributed by atoms with Crippen molar-refractivity contribution in [1.82, 2.24) is 5.32 Å². The Morgan fingerprint density at radius 3 is 2.67 bits per heavy atom. The van der Waals surface area contributed by atoms with Crippen LogP contribution in [0.2, 0.25) is 10.0 Å². The van der Waals surface area contributed by atoms with Gasteiger partial charge in [-0.3, -0.25) is 0 Å². The molecule has 1 N–H and O–H groups in total. The summed E-state index contributed by atoms with van der Waals surface area (Å²) in [6.07, 6.45) is 5.21. The van der Waals surface area contributed by atoms with E-state index in [4.69, 9.17) is 23.2 Å². The summed E-state index contributed by atoms with van der Waals surface area (Å²) in [5.74, 6) is 1.97. The molecule has 0 spiro atoms. The van der Waals surface area contributed by atoms with E-state index in [0.29, 0.717) is 5.41 Å². The van der Waals surface area contributed by atoms with E-state index in [9.17, 15) is 0 Å². The van der Waals surface area contributed by atoms with Crippen LogP contribution in [0.1, 0.15) is 24.8 Å². The summed E-state index contributed by atoms with van der Waals surface area (Å²) >= 11 is 12.4. The van der Waals surface area contributed by atoms with Crippen LogP contribution in [-0.4, -0.2) is 13.6 Å². The van der Waals surface area contributed by atoms with E-state index in [1.807, 2.05) is 25.2 Å². The molecule has 1 aromatic carbocycles. The van der Waals surface area contributed by atoms with E-state index in [1.54, 1.807) is 0 Å². The third-order valence-electron chi connectivity index (χ3n) is 4.58. The Morgan fingerprint density at radius 2 is 2.00 bits per heavy atom. The number of hydrogen-bond acceptors (Lipinski definition) is 1. The first-order valence-electron chi connectivity index (χ1n) is 6.70. The first kappa shape index (κ1) is 12.8. The van der Waals surface area contributed by atoms with Crippen molar-refractivity contribution in [3.63, 3.8) is 0 Å². The summed E-state index contributed by atoms with van der Waals surface area (Å²) in [5.41, 5.74) is 1.61. The van der Waals surface area contributed by atoms with Crippen molar-refractivity contribution in [2.75, 3.05) is 13.6 Å². The number of benzene rings is 1. The summed E-state index contributed by atoms with van der Waals surface area (Å²) in [4.78, 5) is 0. The molecule has 1 nitrogen and oxygen atoms in total. The van der Waals surface area contributed by atoms with E-state index in [-0.39, 0.29) is 0 Å².